The van der Waals surface area contributed by atoms with Crippen LogP contribution in [0.1, 0.15) is 61.7 Å². The van der Waals surface area contributed by atoms with E-state index in [1.165, 1.54) is 18.2 Å². The first-order valence-corrected chi connectivity index (χ1v) is 12.7. The minimum atomic E-state index is -4.59. The summed E-state index contributed by atoms with van der Waals surface area (Å²) in [7, 11) is 0. The molecule has 3 heterocycles. The van der Waals surface area contributed by atoms with E-state index in [0.29, 0.717) is 23.2 Å². The summed E-state index contributed by atoms with van der Waals surface area (Å²) in [6, 6.07) is 12.4. The van der Waals surface area contributed by atoms with Crippen LogP contribution in [0.25, 0.3) is 22.4 Å². The Bertz CT molecular complexity index is 1790. The second kappa shape index (κ2) is 10.2. The smallest absolute Gasteiger partial charge is 0.449 e. The normalized spacial score (nSPS) is 14.7. The molecule has 6 rings (SSSR count). The van der Waals surface area contributed by atoms with E-state index in [2.05, 4.69) is 35.8 Å². The summed E-state index contributed by atoms with van der Waals surface area (Å²) < 4.78 is 43.6. The van der Waals surface area contributed by atoms with Crippen molar-refractivity contribution < 1.29 is 27.2 Å². The fourth-order valence-corrected chi connectivity index (χ4v) is 4.81. The molecule has 3 aromatic heterocycles. The maximum Gasteiger partial charge on any atom is 0.449 e. The van der Waals surface area contributed by atoms with Crippen molar-refractivity contribution in [3.05, 3.63) is 94.5 Å². The first-order chi connectivity index (χ1) is 19.6. The Hall–Kier alpha value is -5.07. The molecule has 2 aromatic carbocycles. The largest absolute Gasteiger partial charge is 0.451 e. The van der Waals surface area contributed by atoms with Gasteiger partial charge >= 0.3 is 6.18 Å². The van der Waals surface area contributed by atoms with Crippen LogP contribution < -0.4 is 10.6 Å². The maximum atomic E-state index is 13.0. The number of carbonyl (C=O) groups is 2. The van der Waals surface area contributed by atoms with E-state index in [1.807, 2.05) is 25.1 Å². The van der Waals surface area contributed by atoms with Crippen molar-refractivity contribution in [3.63, 3.8) is 0 Å². The first kappa shape index (κ1) is 26.2. The molecule has 1 atom stereocenters. The predicted molar refractivity (Wildman–Crippen MR) is 140 cm³/mol. The van der Waals surface area contributed by atoms with E-state index < -0.39 is 23.8 Å². The molecule has 2 amide bonds. The number of aromatic amines is 1. The molecule has 3 N–H and O–H groups in total. The highest BCUT2D eigenvalue weighted by Gasteiger charge is 2.35. The number of furan rings is 1. The number of benzene rings is 2. The molecule has 0 aliphatic heterocycles. The summed E-state index contributed by atoms with van der Waals surface area (Å²) in [6.07, 6.45) is -1.98. The van der Waals surface area contributed by atoms with Gasteiger partial charge in [-0.2, -0.15) is 18.3 Å². The van der Waals surface area contributed by atoms with E-state index >= 15 is 0 Å². The van der Waals surface area contributed by atoms with Gasteiger partial charge in [0.25, 0.3) is 11.8 Å². The summed E-state index contributed by atoms with van der Waals surface area (Å²) >= 11 is 0. The Morgan fingerprint density at radius 2 is 1.85 bits per heavy atom. The number of rotatable bonds is 6. The van der Waals surface area contributed by atoms with Crippen molar-refractivity contribution in [2.45, 2.75) is 38.5 Å². The maximum absolute atomic E-state index is 13.0. The molecule has 0 saturated heterocycles. The minimum Gasteiger partial charge on any atom is -0.451 e. The van der Waals surface area contributed by atoms with Crippen LogP contribution in [0.5, 0.6) is 0 Å². The van der Waals surface area contributed by atoms with Gasteiger partial charge in [0.05, 0.1) is 6.04 Å². The minimum absolute atomic E-state index is 0.0105. The lowest BCUT2D eigenvalue weighted by atomic mass is 10.0. The second-order valence-electron chi connectivity index (χ2n) is 9.67. The van der Waals surface area contributed by atoms with Crippen LogP contribution in [-0.4, -0.2) is 37.0 Å². The van der Waals surface area contributed by atoms with Crippen molar-refractivity contribution in [2.24, 2.45) is 0 Å². The van der Waals surface area contributed by atoms with Crippen LogP contribution >= 0.6 is 0 Å². The SMILES string of the molecule is Cc1nc(-c2ccc3c(c2)CC[C@H]3NC(=O)c2cc(C(=O)NCc3ccc4cc(C(F)(F)F)oc4c3)ncn2)n[nH]1. The van der Waals surface area contributed by atoms with Gasteiger partial charge < -0.3 is 15.1 Å². The van der Waals surface area contributed by atoms with E-state index in [0.717, 1.165) is 41.3 Å². The standard InChI is InChI=1S/C28H22F3N7O3/c1-14-35-25(38-37-14)18-4-6-19-16(9-18)5-7-20(19)36-27(40)22-11-21(33-13-34-22)26(39)32-12-15-2-3-17-10-24(28(29,30)31)41-23(17)8-15/h2-4,6,8-11,13,20H,5,7,12H2,1H3,(H,32,39)(H,36,40)(H,35,37,38)/t20-/m1/s1. The number of nitrogens with one attached hydrogen (secondary N) is 3. The summed E-state index contributed by atoms with van der Waals surface area (Å²) in [6.45, 7) is 1.84. The van der Waals surface area contributed by atoms with Gasteiger partial charge in [0, 0.05) is 23.6 Å². The number of alkyl halides is 3. The quantitative estimate of drug-likeness (QED) is 0.274. The van der Waals surface area contributed by atoms with Crippen molar-refractivity contribution in [1.82, 2.24) is 35.8 Å². The Kier molecular flexibility index (Phi) is 6.48. The number of fused-ring (bicyclic) bond motifs is 2. The summed E-state index contributed by atoms with van der Waals surface area (Å²) in [5, 5.41) is 13.0. The van der Waals surface area contributed by atoms with Gasteiger partial charge in [0.1, 0.15) is 29.1 Å². The Morgan fingerprint density at radius 1 is 1.05 bits per heavy atom. The number of hydrogen-bond donors (Lipinski definition) is 3. The van der Waals surface area contributed by atoms with Crippen LogP contribution in [-0.2, 0) is 19.1 Å². The molecule has 13 heteroatoms. The topological polar surface area (TPSA) is 139 Å². The fraction of sp³-hybridized carbons (Fsp3) is 0.214. The monoisotopic (exact) mass is 561 g/mol. The lowest BCUT2D eigenvalue weighted by Crippen LogP contribution is -2.29. The second-order valence-corrected chi connectivity index (χ2v) is 9.67. The third-order valence-corrected chi connectivity index (χ3v) is 6.83. The van der Waals surface area contributed by atoms with E-state index in [4.69, 9.17) is 4.42 Å². The average Bonchev–Trinajstić information content (AvgIpc) is 3.69. The number of aromatic nitrogens is 5. The zero-order valence-electron chi connectivity index (χ0n) is 21.5. The van der Waals surface area contributed by atoms with Crippen LogP contribution in [0, 0.1) is 6.92 Å². The van der Waals surface area contributed by atoms with Gasteiger partial charge in [-0.05, 0) is 54.7 Å². The molecule has 10 nitrogen and oxygen atoms in total. The Labute approximate surface area is 230 Å². The molecule has 1 aliphatic carbocycles. The molecule has 208 valence electrons. The van der Waals surface area contributed by atoms with Gasteiger partial charge in [0.15, 0.2) is 5.82 Å². The summed E-state index contributed by atoms with van der Waals surface area (Å²) in [5.41, 5.74) is 3.58. The van der Waals surface area contributed by atoms with Crippen molar-refractivity contribution in [1.29, 1.82) is 0 Å². The van der Waals surface area contributed by atoms with Crippen molar-refractivity contribution in [3.8, 4) is 11.4 Å². The molecule has 1 aliphatic rings. The zero-order chi connectivity index (χ0) is 28.7. The molecular formula is C28H22F3N7O3. The molecule has 0 saturated carbocycles. The van der Waals surface area contributed by atoms with E-state index in [9.17, 15) is 22.8 Å². The highest BCUT2D eigenvalue weighted by molar-refractivity contribution is 5.97. The third-order valence-electron chi connectivity index (χ3n) is 6.83. The van der Waals surface area contributed by atoms with E-state index in [1.54, 1.807) is 6.07 Å². The third kappa shape index (κ3) is 5.38. The summed E-state index contributed by atoms with van der Waals surface area (Å²) in [5.74, 6) is -0.772. The van der Waals surface area contributed by atoms with Crippen LogP contribution in [0.15, 0.2) is 59.3 Å². The van der Waals surface area contributed by atoms with Crippen LogP contribution in [0.3, 0.4) is 0 Å². The van der Waals surface area contributed by atoms with Crippen molar-refractivity contribution in [2.75, 3.05) is 0 Å². The molecule has 41 heavy (non-hydrogen) atoms. The Balaban J connectivity index is 1.10. The number of amides is 2. The molecule has 0 radical (unpaired) electrons. The average molecular weight is 562 g/mol. The molecular weight excluding hydrogens is 539 g/mol. The van der Waals surface area contributed by atoms with Crippen LogP contribution in [0.2, 0.25) is 0 Å². The molecule has 0 fully saturated rings. The highest BCUT2D eigenvalue weighted by Crippen LogP contribution is 2.35. The number of halogens is 3. The lowest BCUT2D eigenvalue weighted by Gasteiger charge is -2.14. The molecule has 0 bridgehead atoms. The molecule has 5 aromatic rings. The predicted octanol–water partition coefficient (Wildman–Crippen LogP) is 4.68. The zero-order valence-corrected chi connectivity index (χ0v) is 21.5. The number of aryl methyl sites for hydroxylation is 2. The Morgan fingerprint density at radius 3 is 2.61 bits per heavy atom. The van der Waals surface area contributed by atoms with Gasteiger partial charge in [-0.25, -0.2) is 15.0 Å². The fourth-order valence-electron chi connectivity index (χ4n) is 4.81. The van der Waals surface area contributed by atoms with Crippen molar-refractivity contribution >= 4 is 22.8 Å². The molecule has 0 spiro atoms. The number of nitrogens with zero attached hydrogens (tertiary/aromatic N) is 4. The highest BCUT2D eigenvalue weighted by atomic mass is 19.4. The summed E-state index contributed by atoms with van der Waals surface area (Å²) in [4.78, 5) is 38.1. The van der Waals surface area contributed by atoms with Gasteiger partial charge in [-0.1, -0.05) is 24.3 Å². The number of hydrogen-bond acceptors (Lipinski definition) is 7. The van der Waals surface area contributed by atoms with Gasteiger partial charge in [-0.3, -0.25) is 14.7 Å². The number of H-pyrrole nitrogens is 1. The van der Waals surface area contributed by atoms with Crippen LogP contribution in [0.4, 0.5) is 13.2 Å². The van der Waals surface area contributed by atoms with Gasteiger partial charge in [0.2, 0.25) is 5.76 Å². The number of carbonyl (C=O) groups excluding carboxylic acids is 2. The van der Waals surface area contributed by atoms with Gasteiger partial charge in [-0.15, -0.1) is 0 Å². The lowest BCUT2D eigenvalue weighted by molar-refractivity contribution is -0.152. The van der Waals surface area contributed by atoms with E-state index in [-0.39, 0.29) is 29.6 Å². The molecule has 0 unspecified atom stereocenters. The first-order valence-electron chi connectivity index (χ1n) is 12.7.